The second kappa shape index (κ2) is 13.6. The van der Waals surface area contributed by atoms with Gasteiger partial charge in [-0.3, -0.25) is 9.80 Å². The summed E-state index contributed by atoms with van der Waals surface area (Å²) < 4.78 is 100. The molecule has 2 aromatic carbocycles. The Kier molecular flexibility index (Phi) is 10.5. The van der Waals surface area contributed by atoms with Crippen LogP contribution in [0.5, 0.6) is 11.5 Å². The summed E-state index contributed by atoms with van der Waals surface area (Å²) in [7, 11) is 3.08. The fourth-order valence-corrected chi connectivity index (χ4v) is 5.89. The minimum absolute atomic E-state index is 0.0481. The summed E-state index contributed by atoms with van der Waals surface area (Å²) in [6, 6.07) is 14.7. The molecule has 11 heteroatoms. The molecular weight excluding hydrogens is 550 g/mol. The first-order valence-corrected chi connectivity index (χ1v) is 14.0. The molecule has 0 spiro atoms. The number of rotatable bonds is 10. The molecule has 2 aliphatic heterocycles. The van der Waals surface area contributed by atoms with E-state index in [0.29, 0.717) is 50.5 Å². The van der Waals surface area contributed by atoms with Crippen LogP contribution in [-0.4, -0.2) is 87.8 Å². The van der Waals surface area contributed by atoms with Gasteiger partial charge in [-0.2, -0.15) is 26.3 Å². The van der Waals surface area contributed by atoms with Crippen molar-refractivity contribution < 1.29 is 40.6 Å². The molecule has 0 aliphatic carbocycles. The average molecular weight is 589 g/mol. The summed E-state index contributed by atoms with van der Waals surface area (Å²) in [6.07, 6.45) is -12.2. The highest BCUT2D eigenvalue weighted by Crippen LogP contribution is 2.35. The number of ether oxygens (including phenoxy) is 3. The van der Waals surface area contributed by atoms with Gasteiger partial charge in [0.2, 0.25) is 0 Å². The van der Waals surface area contributed by atoms with E-state index in [1.807, 2.05) is 36.4 Å². The molecule has 2 fully saturated rings. The lowest BCUT2D eigenvalue weighted by Gasteiger charge is -2.39. The smallest absolute Gasteiger partial charge is 0.415 e. The largest absolute Gasteiger partial charge is 0.497 e. The normalized spacial score (nSPS) is 22.7. The number of halogens is 6. The number of alkyl halides is 6. The van der Waals surface area contributed by atoms with Crippen LogP contribution in [0.4, 0.5) is 26.3 Å². The van der Waals surface area contributed by atoms with Gasteiger partial charge in [0.1, 0.15) is 11.5 Å². The predicted molar refractivity (Wildman–Crippen MR) is 144 cm³/mol. The van der Waals surface area contributed by atoms with Crippen molar-refractivity contribution in [3.8, 4) is 11.5 Å². The molecular formula is C30H38F6N2O3. The van der Waals surface area contributed by atoms with Gasteiger partial charge in [-0.05, 0) is 86.0 Å². The molecule has 2 aromatic rings. The first-order valence-electron chi connectivity index (χ1n) is 14.0. The van der Waals surface area contributed by atoms with Gasteiger partial charge in [0.05, 0.1) is 14.2 Å². The van der Waals surface area contributed by atoms with Gasteiger partial charge in [0.25, 0.3) is 0 Å². The molecule has 0 aromatic heterocycles. The summed E-state index contributed by atoms with van der Waals surface area (Å²) in [5, 5.41) is 0. The topological polar surface area (TPSA) is 34.2 Å². The summed E-state index contributed by atoms with van der Waals surface area (Å²) in [4.78, 5) is 3.14. The van der Waals surface area contributed by atoms with E-state index in [0.717, 1.165) is 24.0 Å². The molecule has 4 unspecified atom stereocenters. The molecule has 41 heavy (non-hydrogen) atoms. The van der Waals surface area contributed by atoms with Crippen molar-refractivity contribution in [1.29, 1.82) is 0 Å². The Hall–Kier alpha value is -2.50. The van der Waals surface area contributed by atoms with Crippen LogP contribution in [-0.2, 0) is 4.74 Å². The van der Waals surface area contributed by atoms with E-state index in [4.69, 9.17) is 14.2 Å². The number of nitrogens with zero attached hydrogens (tertiary/aromatic N) is 2. The van der Waals surface area contributed by atoms with Crippen molar-refractivity contribution in [2.45, 2.75) is 62.1 Å². The predicted octanol–water partition coefficient (Wildman–Crippen LogP) is 6.64. The molecule has 228 valence electrons. The van der Waals surface area contributed by atoms with Crippen molar-refractivity contribution in [1.82, 2.24) is 9.80 Å². The standard InChI is InChI=1S/C30H38F6N2O3/c1-39-25-11-3-7-21(15-25)23-9-5-13-37(17-23)19-27(29(31,32)33)41-28(30(34,35)36)20-38-14-6-10-24(18-38)22-8-4-12-26(16-22)40-2/h3-4,7-8,11-12,15-16,23-24,27-28H,5-6,9-10,13-14,17-20H2,1-2H3. The lowest BCUT2D eigenvalue weighted by Crippen LogP contribution is -2.52. The van der Waals surface area contributed by atoms with Gasteiger partial charge < -0.3 is 14.2 Å². The highest BCUT2D eigenvalue weighted by Gasteiger charge is 2.50. The molecule has 0 radical (unpaired) electrons. The monoisotopic (exact) mass is 588 g/mol. The Labute approximate surface area is 237 Å². The van der Waals surface area contributed by atoms with Gasteiger partial charge in [0, 0.05) is 26.2 Å². The second-order valence-corrected chi connectivity index (χ2v) is 10.9. The summed E-state index contributed by atoms with van der Waals surface area (Å²) in [6.45, 7) is 0.0249. The minimum Gasteiger partial charge on any atom is -0.497 e. The fraction of sp³-hybridized carbons (Fsp3) is 0.600. The lowest BCUT2D eigenvalue weighted by molar-refractivity contribution is -0.290. The third-order valence-electron chi connectivity index (χ3n) is 8.05. The molecule has 4 atom stereocenters. The van der Waals surface area contributed by atoms with E-state index in [1.54, 1.807) is 21.9 Å². The van der Waals surface area contributed by atoms with Gasteiger partial charge in [-0.25, -0.2) is 0 Å². The molecule has 5 nitrogen and oxygen atoms in total. The number of likely N-dealkylation sites (tertiary alicyclic amines) is 2. The lowest BCUT2D eigenvalue weighted by atomic mass is 9.90. The number of hydrogen-bond donors (Lipinski definition) is 0. The van der Waals surface area contributed by atoms with Crippen LogP contribution in [0.2, 0.25) is 0 Å². The van der Waals surface area contributed by atoms with Crippen molar-refractivity contribution >= 4 is 0 Å². The van der Waals surface area contributed by atoms with Crippen LogP contribution in [0.25, 0.3) is 0 Å². The molecule has 2 aliphatic rings. The molecule has 0 bridgehead atoms. The average Bonchev–Trinajstić information content (AvgIpc) is 2.95. The van der Waals surface area contributed by atoms with Crippen molar-refractivity contribution in [3.63, 3.8) is 0 Å². The van der Waals surface area contributed by atoms with E-state index in [1.165, 1.54) is 14.2 Å². The number of methoxy groups -OCH3 is 2. The third-order valence-corrected chi connectivity index (χ3v) is 8.05. The van der Waals surface area contributed by atoms with Crippen LogP contribution in [0.3, 0.4) is 0 Å². The Balaban J connectivity index is 1.43. The Morgan fingerprint density at radius 3 is 1.49 bits per heavy atom. The Morgan fingerprint density at radius 1 is 0.707 bits per heavy atom. The maximum atomic E-state index is 14.1. The first-order chi connectivity index (χ1) is 19.5. The van der Waals surface area contributed by atoms with Gasteiger partial charge in [0.15, 0.2) is 12.2 Å². The SMILES string of the molecule is COc1cccc(C2CCCN(CC(OC(CN3CCCC(c4cccc(OC)c4)C3)C(F)(F)F)C(F)(F)F)C2)c1. The summed E-state index contributed by atoms with van der Waals surface area (Å²) in [5.41, 5.74) is 1.87. The molecule has 0 saturated carbocycles. The van der Waals surface area contributed by atoms with Crippen molar-refractivity contribution in [3.05, 3.63) is 59.7 Å². The van der Waals surface area contributed by atoms with Gasteiger partial charge in [-0.15, -0.1) is 0 Å². The van der Waals surface area contributed by atoms with Crippen LogP contribution in [0.1, 0.15) is 48.6 Å². The van der Waals surface area contributed by atoms with Crippen LogP contribution < -0.4 is 9.47 Å². The van der Waals surface area contributed by atoms with E-state index in [9.17, 15) is 26.3 Å². The third kappa shape index (κ3) is 8.75. The minimum atomic E-state index is -4.95. The van der Waals surface area contributed by atoms with Crippen molar-refractivity contribution in [2.75, 3.05) is 53.5 Å². The molecule has 0 N–H and O–H groups in total. The zero-order valence-corrected chi connectivity index (χ0v) is 23.4. The fourth-order valence-electron chi connectivity index (χ4n) is 5.89. The molecule has 2 saturated heterocycles. The van der Waals surface area contributed by atoms with E-state index < -0.39 is 37.7 Å². The first kappa shape index (κ1) is 31.4. The molecule has 0 amide bonds. The van der Waals surface area contributed by atoms with Crippen LogP contribution in [0.15, 0.2) is 48.5 Å². The van der Waals surface area contributed by atoms with E-state index in [-0.39, 0.29) is 11.8 Å². The quantitative estimate of drug-likeness (QED) is 0.291. The highest BCUT2D eigenvalue weighted by molar-refractivity contribution is 5.32. The van der Waals surface area contributed by atoms with Crippen molar-refractivity contribution in [2.24, 2.45) is 0 Å². The summed E-state index contributed by atoms with van der Waals surface area (Å²) >= 11 is 0. The number of hydrogen-bond acceptors (Lipinski definition) is 5. The number of piperidine rings is 2. The number of benzene rings is 2. The summed E-state index contributed by atoms with van der Waals surface area (Å²) in [5.74, 6) is 1.20. The maximum absolute atomic E-state index is 14.1. The Bertz CT molecular complexity index is 1030. The van der Waals surface area contributed by atoms with E-state index in [2.05, 4.69) is 0 Å². The maximum Gasteiger partial charge on any atom is 0.415 e. The highest BCUT2D eigenvalue weighted by atomic mass is 19.4. The zero-order chi connectivity index (χ0) is 29.6. The zero-order valence-electron chi connectivity index (χ0n) is 23.4. The Morgan fingerprint density at radius 2 is 1.12 bits per heavy atom. The molecule has 4 rings (SSSR count). The second-order valence-electron chi connectivity index (χ2n) is 10.9. The van der Waals surface area contributed by atoms with Crippen LogP contribution in [0, 0.1) is 0 Å². The van der Waals surface area contributed by atoms with Gasteiger partial charge in [-0.1, -0.05) is 24.3 Å². The van der Waals surface area contributed by atoms with Gasteiger partial charge >= 0.3 is 12.4 Å². The molecule has 2 heterocycles. The van der Waals surface area contributed by atoms with E-state index >= 15 is 0 Å². The van der Waals surface area contributed by atoms with Crippen LogP contribution >= 0.6 is 0 Å².